The van der Waals surface area contributed by atoms with Crippen molar-refractivity contribution in [1.29, 1.82) is 0 Å². The first-order valence-electron chi connectivity index (χ1n) is 22.2. The van der Waals surface area contributed by atoms with Gasteiger partial charge in [0.1, 0.15) is 0 Å². The van der Waals surface area contributed by atoms with Crippen molar-refractivity contribution in [3.63, 3.8) is 0 Å². The predicted molar refractivity (Wildman–Crippen MR) is 279 cm³/mol. The van der Waals surface area contributed by atoms with Crippen LogP contribution in [0.3, 0.4) is 0 Å². The summed E-state index contributed by atoms with van der Waals surface area (Å²) in [6, 6.07) is 84.0. The largest absolute Gasteiger partial charge is 0.309 e. The Kier molecular flexibility index (Phi) is 8.24. The molecule has 12 aromatic rings. The molecule has 304 valence electrons. The van der Waals surface area contributed by atoms with Crippen molar-refractivity contribution >= 4 is 91.8 Å². The van der Waals surface area contributed by atoms with Crippen molar-refractivity contribution < 1.29 is 0 Å². The molecule has 65 heavy (non-hydrogen) atoms. The van der Waals surface area contributed by atoms with Gasteiger partial charge in [-0.2, -0.15) is 0 Å². The Labute approximate surface area is 389 Å². The summed E-state index contributed by atoms with van der Waals surface area (Å²) in [4.78, 5) is 5.16. The Morgan fingerprint density at radius 3 is 1.77 bits per heavy atom. The second kappa shape index (κ2) is 14.4. The van der Waals surface area contributed by atoms with Gasteiger partial charge in [-0.05, 0) is 110 Å². The van der Waals surface area contributed by atoms with E-state index >= 15 is 0 Å². The van der Waals surface area contributed by atoms with Crippen LogP contribution in [-0.2, 0) is 5.41 Å². The highest BCUT2D eigenvalue weighted by Crippen LogP contribution is 2.64. The SMILES string of the molecule is c1ccc(-c2ccc3sc4cccc(N(c5ccc6sc7c(-c8ccccc8)cccc7c6c5)c5cccc6c5Sc5ccccc5C65c6ccccc6-c6ccccc65)c4c3c2)cc1. The van der Waals surface area contributed by atoms with E-state index in [0.29, 0.717) is 0 Å². The maximum Gasteiger partial charge on any atom is 0.0736 e. The molecule has 0 amide bonds. The third kappa shape index (κ3) is 5.39. The molecule has 1 aliphatic heterocycles. The molecule has 0 bridgehead atoms. The number of anilines is 3. The smallest absolute Gasteiger partial charge is 0.0736 e. The molecule has 14 rings (SSSR count). The molecule has 4 heteroatoms. The fourth-order valence-electron chi connectivity index (χ4n) is 11.0. The Bertz CT molecular complexity index is 3830. The molecule has 0 atom stereocenters. The van der Waals surface area contributed by atoms with Crippen molar-refractivity contribution in [2.45, 2.75) is 15.2 Å². The quantitative estimate of drug-likeness (QED) is 0.169. The van der Waals surface area contributed by atoms with Crippen LogP contribution >= 0.6 is 34.4 Å². The van der Waals surface area contributed by atoms with Gasteiger partial charge in [-0.1, -0.05) is 182 Å². The minimum atomic E-state index is -0.487. The number of hydrogen-bond acceptors (Lipinski definition) is 4. The topological polar surface area (TPSA) is 3.24 Å². The molecule has 0 radical (unpaired) electrons. The van der Waals surface area contributed by atoms with Crippen LogP contribution in [0.2, 0.25) is 0 Å². The Morgan fingerprint density at radius 2 is 0.969 bits per heavy atom. The zero-order valence-corrected chi connectivity index (χ0v) is 37.5. The van der Waals surface area contributed by atoms with E-state index in [1.807, 2.05) is 34.4 Å². The van der Waals surface area contributed by atoms with Crippen LogP contribution < -0.4 is 4.90 Å². The molecule has 3 heterocycles. The molecule has 0 N–H and O–H groups in total. The zero-order valence-electron chi connectivity index (χ0n) is 35.0. The third-order valence-electron chi connectivity index (χ3n) is 13.7. The van der Waals surface area contributed by atoms with E-state index in [-0.39, 0.29) is 0 Å². The standard InChI is InChI=1S/C61H37NS3/c1-3-16-38(17-4-1)40-32-34-55-47(36-40)58-52(28-15-31-57(58)63-55)62(41-33-35-54-46(37-41)45-23-13-22-42(59(45)64-54)39-18-5-2-6-19-39)53-29-14-27-51-60(53)65-56-30-12-11-26-50(56)61(51)48-24-9-7-20-43(48)44-21-8-10-25-49(44)61/h1-37H. The highest BCUT2D eigenvalue weighted by molar-refractivity contribution is 7.99. The van der Waals surface area contributed by atoms with E-state index < -0.39 is 5.41 Å². The van der Waals surface area contributed by atoms with Gasteiger partial charge in [0.05, 0.1) is 16.8 Å². The van der Waals surface area contributed by atoms with Crippen LogP contribution in [-0.4, -0.2) is 0 Å². The minimum absolute atomic E-state index is 0.487. The monoisotopic (exact) mass is 879 g/mol. The van der Waals surface area contributed by atoms with Crippen LogP contribution in [0, 0.1) is 0 Å². The lowest BCUT2D eigenvalue weighted by Crippen LogP contribution is -2.32. The molecule has 2 aliphatic rings. The molecule has 0 saturated carbocycles. The molecule has 1 aliphatic carbocycles. The average Bonchev–Trinajstić information content (AvgIpc) is 4.03. The Hall–Kier alpha value is -7.21. The van der Waals surface area contributed by atoms with Gasteiger partial charge in [-0.25, -0.2) is 0 Å². The second-order valence-electron chi connectivity index (χ2n) is 17.1. The maximum absolute atomic E-state index is 2.59. The molecular formula is C61H37NS3. The van der Waals surface area contributed by atoms with Gasteiger partial charge in [0, 0.05) is 55.8 Å². The molecule has 0 unspecified atom stereocenters. The lowest BCUT2D eigenvalue weighted by atomic mass is 9.67. The lowest BCUT2D eigenvalue weighted by Gasteiger charge is -2.41. The Morgan fingerprint density at radius 1 is 0.354 bits per heavy atom. The molecule has 1 nitrogen and oxygen atoms in total. The van der Waals surface area contributed by atoms with Gasteiger partial charge in [-0.15, -0.1) is 22.7 Å². The molecule has 2 aromatic heterocycles. The number of nitrogens with zero attached hydrogens (tertiary/aromatic N) is 1. The van der Waals surface area contributed by atoms with E-state index in [2.05, 4.69) is 229 Å². The number of benzene rings is 10. The van der Waals surface area contributed by atoms with Crippen LogP contribution in [0.5, 0.6) is 0 Å². The Balaban J connectivity index is 1.07. The summed E-state index contributed by atoms with van der Waals surface area (Å²) in [7, 11) is 0. The number of rotatable bonds is 5. The highest BCUT2D eigenvalue weighted by Gasteiger charge is 2.50. The first-order valence-corrected chi connectivity index (χ1v) is 24.6. The van der Waals surface area contributed by atoms with Crippen LogP contribution in [0.4, 0.5) is 17.1 Å². The van der Waals surface area contributed by atoms with Crippen molar-refractivity contribution in [2.24, 2.45) is 0 Å². The van der Waals surface area contributed by atoms with Gasteiger partial charge in [0.25, 0.3) is 0 Å². The van der Waals surface area contributed by atoms with Crippen molar-refractivity contribution in [3.8, 4) is 33.4 Å². The lowest BCUT2D eigenvalue weighted by molar-refractivity contribution is 0.722. The van der Waals surface area contributed by atoms with E-state index in [4.69, 9.17) is 0 Å². The molecule has 0 fully saturated rings. The fourth-order valence-corrected chi connectivity index (χ4v) is 14.6. The van der Waals surface area contributed by atoms with Crippen LogP contribution in [0.1, 0.15) is 22.3 Å². The highest BCUT2D eigenvalue weighted by atomic mass is 32.2. The number of fused-ring (bicyclic) bond motifs is 15. The number of thiophene rings is 2. The van der Waals surface area contributed by atoms with Gasteiger partial charge in [0.2, 0.25) is 0 Å². The fraction of sp³-hybridized carbons (Fsp3) is 0.0164. The van der Waals surface area contributed by atoms with E-state index in [1.165, 1.54) is 117 Å². The summed E-state index contributed by atoms with van der Waals surface area (Å²) in [6.07, 6.45) is 0. The van der Waals surface area contributed by atoms with Crippen LogP contribution in [0.15, 0.2) is 234 Å². The van der Waals surface area contributed by atoms with Gasteiger partial charge < -0.3 is 4.90 Å². The third-order valence-corrected chi connectivity index (χ3v) is 17.3. The predicted octanol–water partition coefficient (Wildman–Crippen LogP) is 18.1. The molecule has 0 saturated heterocycles. The van der Waals surface area contributed by atoms with Gasteiger partial charge in [0.15, 0.2) is 0 Å². The summed E-state index contributed by atoms with van der Waals surface area (Å²) in [6.45, 7) is 0. The maximum atomic E-state index is 2.59. The molecule has 1 spiro atoms. The first-order chi connectivity index (χ1) is 32.2. The van der Waals surface area contributed by atoms with E-state index in [9.17, 15) is 0 Å². The normalized spacial score (nSPS) is 13.3. The molecule has 10 aromatic carbocycles. The van der Waals surface area contributed by atoms with Gasteiger partial charge in [-0.3, -0.25) is 0 Å². The van der Waals surface area contributed by atoms with E-state index in [0.717, 1.165) is 5.69 Å². The van der Waals surface area contributed by atoms with E-state index in [1.54, 1.807) is 0 Å². The summed E-state index contributed by atoms with van der Waals surface area (Å²) < 4.78 is 5.17. The van der Waals surface area contributed by atoms with Crippen LogP contribution in [0.25, 0.3) is 73.7 Å². The second-order valence-corrected chi connectivity index (χ2v) is 20.3. The average molecular weight is 880 g/mol. The van der Waals surface area contributed by atoms with Gasteiger partial charge >= 0.3 is 0 Å². The van der Waals surface area contributed by atoms with Crippen molar-refractivity contribution in [3.05, 3.63) is 247 Å². The molecular weight excluding hydrogens is 843 g/mol. The van der Waals surface area contributed by atoms with Crippen molar-refractivity contribution in [2.75, 3.05) is 4.90 Å². The summed E-state index contributed by atoms with van der Waals surface area (Å²) in [5.41, 5.74) is 16.0. The summed E-state index contributed by atoms with van der Waals surface area (Å²) in [5, 5.41) is 5.12. The number of hydrogen-bond donors (Lipinski definition) is 0. The summed E-state index contributed by atoms with van der Waals surface area (Å²) in [5.74, 6) is 0. The summed E-state index contributed by atoms with van der Waals surface area (Å²) >= 11 is 5.69. The zero-order chi connectivity index (χ0) is 42.6. The minimum Gasteiger partial charge on any atom is -0.309 e. The first kappa shape index (κ1) is 37.2. The van der Waals surface area contributed by atoms with Crippen molar-refractivity contribution in [1.82, 2.24) is 0 Å².